The largest absolute Gasteiger partial charge is 0.486 e. The minimum absolute atomic E-state index is 0.0996. The van der Waals surface area contributed by atoms with Crippen molar-refractivity contribution in [3.63, 3.8) is 0 Å². The number of aryl methyl sites for hydroxylation is 1. The van der Waals surface area contributed by atoms with Gasteiger partial charge in [-0.05, 0) is 48.9 Å². The zero-order valence-electron chi connectivity index (χ0n) is 13.1. The van der Waals surface area contributed by atoms with Gasteiger partial charge in [0.05, 0.1) is 5.69 Å². The number of carbonyl (C=O) groups is 1. The van der Waals surface area contributed by atoms with Gasteiger partial charge >= 0.3 is 0 Å². The molecule has 0 saturated carbocycles. The first-order valence-electron chi connectivity index (χ1n) is 7.46. The lowest BCUT2D eigenvalue weighted by Gasteiger charge is -2.06. The maximum absolute atomic E-state index is 13.7. The fourth-order valence-electron chi connectivity index (χ4n) is 2.17. The van der Waals surface area contributed by atoms with Gasteiger partial charge in [0.2, 0.25) is 0 Å². The number of halogens is 1. The summed E-state index contributed by atoms with van der Waals surface area (Å²) in [4.78, 5) is 12.2. The van der Waals surface area contributed by atoms with Gasteiger partial charge < -0.3 is 14.5 Å². The van der Waals surface area contributed by atoms with E-state index in [1.807, 2.05) is 37.3 Å². The molecule has 4 nitrogen and oxygen atoms in total. The van der Waals surface area contributed by atoms with Crippen LogP contribution in [0.3, 0.4) is 0 Å². The zero-order chi connectivity index (χ0) is 16.9. The monoisotopic (exact) mass is 325 g/mol. The third-order valence-corrected chi connectivity index (χ3v) is 3.38. The van der Waals surface area contributed by atoms with Crippen LogP contribution in [-0.2, 0) is 6.61 Å². The molecule has 5 heteroatoms. The Hall–Kier alpha value is -3.08. The summed E-state index contributed by atoms with van der Waals surface area (Å²) in [6.45, 7) is 2.02. The average molecular weight is 325 g/mol. The summed E-state index contributed by atoms with van der Waals surface area (Å²) in [5.41, 5.74) is 0.974. The molecule has 1 amide bonds. The van der Waals surface area contributed by atoms with E-state index in [4.69, 9.17) is 9.15 Å². The lowest BCUT2D eigenvalue weighted by atomic mass is 10.2. The standard InChI is InChI=1S/C19H16FNO3/c1-13-7-9-16(20)17(11-13)21-19(22)18-10-8-15(24-18)12-23-14-5-3-2-4-6-14/h2-11H,12H2,1H3,(H,21,22). The Morgan fingerprint density at radius 1 is 1.12 bits per heavy atom. The van der Waals surface area contributed by atoms with Gasteiger partial charge in [-0.25, -0.2) is 4.39 Å². The molecule has 3 aromatic rings. The molecule has 2 aromatic carbocycles. The Morgan fingerprint density at radius 2 is 1.92 bits per heavy atom. The van der Waals surface area contributed by atoms with E-state index in [1.165, 1.54) is 12.1 Å². The highest BCUT2D eigenvalue weighted by atomic mass is 19.1. The number of amides is 1. The topological polar surface area (TPSA) is 51.5 Å². The Morgan fingerprint density at radius 3 is 2.71 bits per heavy atom. The first-order chi connectivity index (χ1) is 11.6. The fraction of sp³-hybridized carbons (Fsp3) is 0.105. The molecule has 0 aliphatic heterocycles. The molecule has 0 radical (unpaired) electrons. The SMILES string of the molecule is Cc1ccc(F)c(NC(=O)c2ccc(COc3ccccc3)o2)c1. The van der Waals surface area contributed by atoms with Gasteiger partial charge in [-0.2, -0.15) is 0 Å². The molecule has 1 heterocycles. The number of benzene rings is 2. The number of rotatable bonds is 5. The molecule has 3 rings (SSSR count). The number of hydrogen-bond acceptors (Lipinski definition) is 3. The van der Waals surface area contributed by atoms with Crippen molar-refractivity contribution in [3.05, 3.63) is 83.6 Å². The zero-order valence-corrected chi connectivity index (χ0v) is 13.1. The number of carbonyl (C=O) groups excluding carboxylic acids is 1. The molecule has 1 aromatic heterocycles. The van der Waals surface area contributed by atoms with E-state index in [0.717, 1.165) is 5.56 Å². The predicted octanol–water partition coefficient (Wildman–Crippen LogP) is 4.56. The third-order valence-electron chi connectivity index (χ3n) is 3.38. The molecule has 122 valence electrons. The van der Waals surface area contributed by atoms with Crippen LogP contribution in [-0.4, -0.2) is 5.91 Å². The second-order valence-electron chi connectivity index (χ2n) is 5.31. The molecule has 0 spiro atoms. The highest BCUT2D eigenvalue weighted by Gasteiger charge is 2.14. The van der Waals surface area contributed by atoms with Crippen molar-refractivity contribution in [1.82, 2.24) is 0 Å². The number of para-hydroxylation sites is 1. The van der Waals surface area contributed by atoms with E-state index in [9.17, 15) is 9.18 Å². The summed E-state index contributed by atoms with van der Waals surface area (Å²) >= 11 is 0. The number of hydrogen-bond donors (Lipinski definition) is 1. The van der Waals surface area contributed by atoms with Crippen LogP contribution in [0.4, 0.5) is 10.1 Å². The summed E-state index contributed by atoms with van der Waals surface area (Å²) in [6.07, 6.45) is 0. The lowest BCUT2D eigenvalue weighted by molar-refractivity contribution is 0.0992. The van der Waals surface area contributed by atoms with Gasteiger partial charge in [-0.1, -0.05) is 24.3 Å². The normalized spacial score (nSPS) is 10.4. The van der Waals surface area contributed by atoms with Crippen LogP contribution in [0.5, 0.6) is 5.75 Å². The molecule has 0 bridgehead atoms. The summed E-state index contributed by atoms with van der Waals surface area (Å²) in [5, 5.41) is 2.51. The Labute approximate surface area is 138 Å². The first kappa shape index (κ1) is 15.8. The lowest BCUT2D eigenvalue weighted by Crippen LogP contribution is -2.12. The van der Waals surface area contributed by atoms with Crippen molar-refractivity contribution in [2.75, 3.05) is 5.32 Å². The van der Waals surface area contributed by atoms with Crippen molar-refractivity contribution in [1.29, 1.82) is 0 Å². The van der Waals surface area contributed by atoms with E-state index in [0.29, 0.717) is 11.5 Å². The third kappa shape index (κ3) is 3.81. The molecule has 0 aliphatic carbocycles. The molecule has 0 unspecified atom stereocenters. The van der Waals surface area contributed by atoms with Crippen LogP contribution in [0.2, 0.25) is 0 Å². The van der Waals surface area contributed by atoms with E-state index >= 15 is 0 Å². The van der Waals surface area contributed by atoms with E-state index in [-0.39, 0.29) is 18.1 Å². The highest BCUT2D eigenvalue weighted by Crippen LogP contribution is 2.18. The first-order valence-corrected chi connectivity index (χ1v) is 7.46. The van der Waals surface area contributed by atoms with Gasteiger partial charge in [0.1, 0.15) is 23.9 Å². The molecule has 1 N–H and O–H groups in total. The number of ether oxygens (including phenoxy) is 1. The molecular formula is C19H16FNO3. The van der Waals surface area contributed by atoms with Crippen LogP contribution in [0.25, 0.3) is 0 Å². The minimum atomic E-state index is -0.509. The number of nitrogens with one attached hydrogen (secondary N) is 1. The van der Waals surface area contributed by atoms with Gasteiger partial charge in [-0.3, -0.25) is 4.79 Å². The summed E-state index contributed by atoms with van der Waals surface area (Å²) in [7, 11) is 0. The second-order valence-corrected chi connectivity index (χ2v) is 5.31. The Bertz CT molecular complexity index is 843. The van der Waals surface area contributed by atoms with Crippen LogP contribution in [0.15, 0.2) is 65.1 Å². The van der Waals surface area contributed by atoms with Crippen molar-refractivity contribution in [2.24, 2.45) is 0 Å². The maximum atomic E-state index is 13.7. The molecule has 24 heavy (non-hydrogen) atoms. The molecule has 0 fully saturated rings. The van der Waals surface area contributed by atoms with E-state index in [2.05, 4.69) is 5.32 Å². The van der Waals surface area contributed by atoms with Crippen LogP contribution in [0, 0.1) is 12.7 Å². The van der Waals surface area contributed by atoms with Gasteiger partial charge in [-0.15, -0.1) is 0 Å². The Kier molecular flexibility index (Phi) is 4.61. The molecule has 0 atom stereocenters. The van der Waals surface area contributed by atoms with Gasteiger partial charge in [0.15, 0.2) is 5.76 Å². The van der Waals surface area contributed by atoms with E-state index in [1.54, 1.807) is 18.2 Å². The minimum Gasteiger partial charge on any atom is -0.486 e. The molecule has 0 aliphatic rings. The van der Waals surface area contributed by atoms with Gasteiger partial charge in [0.25, 0.3) is 5.91 Å². The highest BCUT2D eigenvalue weighted by molar-refractivity contribution is 6.02. The average Bonchev–Trinajstić information content (AvgIpc) is 3.06. The van der Waals surface area contributed by atoms with Crippen molar-refractivity contribution in [3.8, 4) is 5.75 Å². The van der Waals surface area contributed by atoms with Crippen molar-refractivity contribution < 1.29 is 18.3 Å². The number of furan rings is 1. The molecule has 0 saturated heterocycles. The summed E-state index contributed by atoms with van der Waals surface area (Å²) in [5.74, 6) is 0.316. The van der Waals surface area contributed by atoms with Crippen LogP contribution in [0.1, 0.15) is 21.9 Å². The summed E-state index contributed by atoms with van der Waals surface area (Å²) in [6, 6.07) is 17.0. The van der Waals surface area contributed by atoms with Crippen molar-refractivity contribution >= 4 is 11.6 Å². The van der Waals surface area contributed by atoms with Crippen molar-refractivity contribution in [2.45, 2.75) is 13.5 Å². The summed E-state index contributed by atoms with van der Waals surface area (Å²) < 4.78 is 24.7. The quantitative estimate of drug-likeness (QED) is 0.748. The predicted molar refractivity (Wildman–Crippen MR) is 88.6 cm³/mol. The second kappa shape index (κ2) is 7.00. The Balaban J connectivity index is 1.64. The van der Waals surface area contributed by atoms with Crippen LogP contribution < -0.4 is 10.1 Å². The smallest absolute Gasteiger partial charge is 0.291 e. The number of anilines is 1. The molecular weight excluding hydrogens is 309 g/mol. The van der Waals surface area contributed by atoms with E-state index < -0.39 is 11.7 Å². The van der Waals surface area contributed by atoms with Gasteiger partial charge in [0, 0.05) is 0 Å². The maximum Gasteiger partial charge on any atom is 0.291 e. The fourth-order valence-corrected chi connectivity index (χ4v) is 2.17. The van der Waals surface area contributed by atoms with Crippen LogP contribution >= 0.6 is 0 Å².